The Kier molecular flexibility index (Phi) is 9.59. The molecule has 2 aromatic carbocycles. The first-order valence-electron chi connectivity index (χ1n) is 14.9. The predicted molar refractivity (Wildman–Crippen MR) is 173 cm³/mol. The first kappa shape index (κ1) is 34.2. The molecule has 2 aromatic heterocycles. The second-order valence-electron chi connectivity index (χ2n) is 12.5. The molecule has 0 radical (unpaired) electrons. The Labute approximate surface area is 271 Å². The van der Waals surface area contributed by atoms with Crippen LogP contribution in [0.15, 0.2) is 48.8 Å². The number of anilines is 1. The zero-order valence-electron chi connectivity index (χ0n) is 26.9. The van der Waals surface area contributed by atoms with E-state index in [0.29, 0.717) is 22.5 Å². The number of carbonyl (C=O) groups is 1. The third-order valence-electron chi connectivity index (χ3n) is 7.42. The average Bonchev–Trinajstić information content (AvgIpc) is 3.56. The largest absolute Gasteiger partial charge is 0.464 e. The third kappa shape index (κ3) is 7.10. The summed E-state index contributed by atoms with van der Waals surface area (Å²) >= 11 is 0. The number of ether oxygens (including phenoxy) is 2. The first-order valence-corrected chi connectivity index (χ1v) is 16.5. The number of aliphatic hydroxyl groups is 1. The maximum Gasteiger partial charge on any atom is 0.459 e. The van der Waals surface area contributed by atoms with Gasteiger partial charge in [-0.25, -0.2) is 23.9 Å². The zero-order chi connectivity index (χ0) is 34.1. The number of halogens is 1. The van der Waals surface area contributed by atoms with E-state index in [1.807, 2.05) is 44.9 Å². The van der Waals surface area contributed by atoms with Gasteiger partial charge in [0.2, 0.25) is 5.67 Å². The summed E-state index contributed by atoms with van der Waals surface area (Å²) in [5.41, 5.74) is -2.53. The van der Waals surface area contributed by atoms with E-state index in [-0.39, 0.29) is 23.4 Å². The number of hydrogen-bond acceptors (Lipinski definition) is 11. The van der Waals surface area contributed by atoms with Crippen LogP contribution in [0.25, 0.3) is 21.9 Å². The van der Waals surface area contributed by atoms with E-state index in [2.05, 4.69) is 25.4 Å². The number of rotatable bonds is 11. The van der Waals surface area contributed by atoms with Crippen LogP contribution >= 0.6 is 7.75 Å². The van der Waals surface area contributed by atoms with E-state index in [4.69, 9.17) is 24.9 Å². The minimum absolute atomic E-state index is 0.116. The van der Waals surface area contributed by atoms with Gasteiger partial charge in [-0.1, -0.05) is 63.1 Å². The molecular weight excluding hydrogens is 630 g/mol. The van der Waals surface area contributed by atoms with Gasteiger partial charge in [0.05, 0.1) is 19.5 Å². The molecule has 3 N–H and O–H groups in total. The van der Waals surface area contributed by atoms with Crippen molar-refractivity contribution in [1.29, 1.82) is 0 Å². The van der Waals surface area contributed by atoms with Gasteiger partial charge in [0.1, 0.15) is 29.8 Å². The number of aliphatic hydroxyl groups excluding tert-OH is 1. The summed E-state index contributed by atoms with van der Waals surface area (Å²) in [6.45, 7) is 8.27. The monoisotopic (exact) mass is 668 g/mol. The average molecular weight is 669 g/mol. The highest BCUT2D eigenvalue weighted by Gasteiger charge is 2.58. The topological polar surface area (TPSA) is 159 Å². The van der Waals surface area contributed by atoms with Crippen molar-refractivity contribution < 1.29 is 37.4 Å². The SMILES string of the molecule is C#C[C@@]1(F)[C@H](O)[C@@H](CO[P@](=O)(N[C@@H](C)C(=O)OCC(C)(C)C)Oc2cccc3ccccc23)O[C@H]1n1cnc2c(NC)nc(C)nc21. The summed E-state index contributed by atoms with van der Waals surface area (Å²) in [7, 11) is -2.79. The highest BCUT2D eigenvalue weighted by Crippen LogP contribution is 2.49. The molecule has 250 valence electrons. The van der Waals surface area contributed by atoms with Crippen molar-refractivity contribution in [2.75, 3.05) is 25.6 Å². The Bertz CT molecular complexity index is 1870. The molecule has 47 heavy (non-hydrogen) atoms. The van der Waals surface area contributed by atoms with Crippen molar-refractivity contribution in [1.82, 2.24) is 24.6 Å². The van der Waals surface area contributed by atoms with E-state index in [9.17, 15) is 14.5 Å². The number of terminal acetylenes is 1. The quantitative estimate of drug-likeness (QED) is 0.115. The van der Waals surface area contributed by atoms with E-state index >= 15 is 4.39 Å². The van der Waals surface area contributed by atoms with Gasteiger partial charge in [-0.2, -0.15) is 5.09 Å². The molecule has 6 atom stereocenters. The van der Waals surface area contributed by atoms with Gasteiger partial charge in [0.15, 0.2) is 23.2 Å². The summed E-state index contributed by atoms with van der Waals surface area (Å²) in [5.74, 6) is 2.30. The van der Waals surface area contributed by atoms with Gasteiger partial charge in [-0.05, 0) is 30.7 Å². The van der Waals surface area contributed by atoms with Gasteiger partial charge in [-0.3, -0.25) is 13.9 Å². The van der Waals surface area contributed by atoms with Gasteiger partial charge in [-0.15, -0.1) is 6.42 Å². The van der Waals surface area contributed by atoms with E-state index in [1.165, 1.54) is 17.8 Å². The van der Waals surface area contributed by atoms with E-state index in [0.717, 1.165) is 5.39 Å². The van der Waals surface area contributed by atoms with Crippen LogP contribution in [0.5, 0.6) is 5.75 Å². The second kappa shape index (κ2) is 13.2. The molecule has 3 heterocycles. The van der Waals surface area contributed by atoms with Crippen molar-refractivity contribution in [3.8, 4) is 18.1 Å². The number of nitrogens with one attached hydrogen (secondary N) is 2. The highest BCUT2D eigenvalue weighted by atomic mass is 31.2. The molecule has 0 saturated carbocycles. The van der Waals surface area contributed by atoms with Crippen LogP contribution in [-0.2, 0) is 23.4 Å². The fourth-order valence-electron chi connectivity index (χ4n) is 5.05. The molecule has 0 unspecified atom stereocenters. The minimum atomic E-state index is -4.45. The summed E-state index contributed by atoms with van der Waals surface area (Å²) < 4.78 is 55.1. The van der Waals surface area contributed by atoms with Crippen LogP contribution < -0.4 is 14.9 Å². The lowest BCUT2D eigenvalue weighted by Crippen LogP contribution is -2.42. The fourth-order valence-corrected chi connectivity index (χ4v) is 6.57. The molecule has 15 heteroatoms. The summed E-state index contributed by atoms with van der Waals surface area (Å²) in [6, 6.07) is 11.3. The molecular formula is C32H38FN6O7P. The lowest BCUT2D eigenvalue weighted by Gasteiger charge is -2.26. The third-order valence-corrected chi connectivity index (χ3v) is 9.05. The number of fused-ring (bicyclic) bond motifs is 2. The first-order chi connectivity index (χ1) is 22.2. The smallest absolute Gasteiger partial charge is 0.459 e. The van der Waals surface area contributed by atoms with E-state index < -0.39 is 50.5 Å². The van der Waals surface area contributed by atoms with Crippen molar-refractivity contribution in [2.24, 2.45) is 5.41 Å². The molecule has 1 aliphatic heterocycles. The second-order valence-corrected chi connectivity index (χ2v) is 14.2. The predicted octanol–water partition coefficient (Wildman–Crippen LogP) is 4.70. The van der Waals surface area contributed by atoms with Gasteiger partial charge in [0.25, 0.3) is 0 Å². The molecule has 5 rings (SSSR count). The van der Waals surface area contributed by atoms with Crippen molar-refractivity contribution in [3.63, 3.8) is 0 Å². The number of aromatic nitrogens is 4. The number of carbonyl (C=O) groups excluding carboxylic acids is 1. The number of nitrogens with zero attached hydrogens (tertiary/aromatic N) is 4. The Balaban J connectivity index is 1.43. The van der Waals surface area contributed by atoms with Crippen molar-refractivity contribution in [2.45, 2.75) is 64.8 Å². The Morgan fingerprint density at radius 1 is 1.26 bits per heavy atom. The van der Waals surface area contributed by atoms with Crippen LogP contribution in [0, 0.1) is 24.7 Å². The number of imidazole rings is 1. The number of esters is 1. The maximum absolute atomic E-state index is 16.4. The molecule has 0 bridgehead atoms. The van der Waals surface area contributed by atoms with Crippen LogP contribution in [0.3, 0.4) is 0 Å². The lowest BCUT2D eigenvalue weighted by molar-refractivity contribution is -0.148. The molecule has 1 saturated heterocycles. The van der Waals surface area contributed by atoms with Gasteiger partial charge in [0, 0.05) is 12.4 Å². The summed E-state index contributed by atoms with van der Waals surface area (Å²) in [5, 5.41) is 18.1. The normalized spacial score (nSPS) is 23.3. The van der Waals surface area contributed by atoms with Crippen LogP contribution in [0.2, 0.25) is 0 Å². The standard InChI is InChI=1S/C32H38FN6O7P/c1-8-32(33)26(40)24(45-30(32)39-18-35-25-27(34-7)36-20(3)37-28(25)39)16-44-47(42,38-19(2)29(41)43-17-31(4,5)6)46-23-15-11-13-21-12-9-10-14-22(21)23/h1,9-15,18-19,24,26,30,40H,16-17H2,2-7H3,(H,38,42)(H,34,36,37)/t19-,24+,26+,30+,32+,47+/m0/s1. The Morgan fingerprint density at radius 2 is 1.98 bits per heavy atom. The molecule has 1 aliphatic rings. The van der Waals surface area contributed by atoms with Crippen molar-refractivity contribution in [3.05, 3.63) is 54.6 Å². The Morgan fingerprint density at radius 3 is 2.68 bits per heavy atom. The fraction of sp³-hybridized carbons (Fsp3) is 0.438. The van der Waals surface area contributed by atoms with E-state index in [1.54, 1.807) is 38.2 Å². The molecule has 4 aromatic rings. The van der Waals surface area contributed by atoms with Gasteiger partial charge >= 0.3 is 13.7 Å². The van der Waals surface area contributed by atoms with Crippen LogP contribution in [0.4, 0.5) is 10.2 Å². The van der Waals surface area contributed by atoms with Gasteiger partial charge < -0.3 is 24.4 Å². The zero-order valence-corrected chi connectivity index (χ0v) is 27.8. The summed E-state index contributed by atoms with van der Waals surface area (Å²) in [6.07, 6.45) is 1.95. The maximum atomic E-state index is 16.4. The van der Waals surface area contributed by atoms with Crippen LogP contribution in [-0.4, -0.2) is 74.8 Å². The molecule has 13 nitrogen and oxygen atoms in total. The summed E-state index contributed by atoms with van der Waals surface area (Å²) in [4.78, 5) is 25.8. The molecule has 0 amide bonds. The number of benzene rings is 2. The molecule has 0 aliphatic carbocycles. The van der Waals surface area contributed by atoms with Crippen LogP contribution in [0.1, 0.15) is 39.7 Å². The number of hydrogen-bond donors (Lipinski definition) is 3. The molecule has 0 spiro atoms. The molecule has 1 fully saturated rings. The Hall–Kier alpha value is -4.12. The van der Waals surface area contributed by atoms with Crippen molar-refractivity contribution >= 4 is 41.5 Å². The minimum Gasteiger partial charge on any atom is -0.464 e. The lowest BCUT2D eigenvalue weighted by atomic mass is 9.97. The highest BCUT2D eigenvalue weighted by molar-refractivity contribution is 7.52. The number of alkyl halides is 1. The number of aryl methyl sites for hydroxylation is 1.